The second kappa shape index (κ2) is 20.3. The Balaban J connectivity index is 0. The van der Waals surface area contributed by atoms with Crippen LogP contribution < -0.4 is 5.73 Å². The van der Waals surface area contributed by atoms with Gasteiger partial charge in [-0.1, -0.05) is 65.7 Å². The summed E-state index contributed by atoms with van der Waals surface area (Å²) < 4.78 is 0. The lowest BCUT2D eigenvalue weighted by molar-refractivity contribution is -0.145. The van der Waals surface area contributed by atoms with Crippen molar-refractivity contribution in [1.82, 2.24) is 4.98 Å². The Morgan fingerprint density at radius 2 is 1.86 bits per heavy atom. The number of aliphatic hydroxyl groups is 1. The van der Waals surface area contributed by atoms with E-state index in [0.717, 1.165) is 42.8 Å². The summed E-state index contributed by atoms with van der Waals surface area (Å²) in [6.45, 7) is 18.1. The van der Waals surface area contributed by atoms with Gasteiger partial charge in [-0.15, -0.1) is 11.3 Å². The predicted octanol–water partition coefficient (Wildman–Crippen LogP) is 7.06. The van der Waals surface area contributed by atoms with Crippen LogP contribution in [0.1, 0.15) is 105 Å². The molecular formula is C29H52N2O4S. The molecule has 1 heterocycles. The number of allylic oxidation sites excluding steroid dienone is 2. The zero-order chi connectivity index (χ0) is 28.3. The summed E-state index contributed by atoms with van der Waals surface area (Å²) >= 11 is 1.68. The zero-order valence-electron chi connectivity index (χ0n) is 24.1. The van der Waals surface area contributed by atoms with E-state index in [4.69, 9.17) is 10.8 Å². The molecule has 0 aliphatic rings. The van der Waals surface area contributed by atoms with Crippen LogP contribution in [0, 0.1) is 24.2 Å². The Hall–Kier alpha value is -1.83. The van der Waals surface area contributed by atoms with E-state index in [1.807, 2.05) is 46.8 Å². The van der Waals surface area contributed by atoms with Crippen LogP contribution in [0.25, 0.3) is 6.08 Å². The van der Waals surface area contributed by atoms with Crippen LogP contribution in [0.4, 0.5) is 0 Å². The quantitative estimate of drug-likeness (QED) is 0.225. The van der Waals surface area contributed by atoms with E-state index in [1.165, 1.54) is 5.57 Å². The largest absolute Gasteiger partial charge is 0.481 e. The van der Waals surface area contributed by atoms with Crippen molar-refractivity contribution in [2.24, 2.45) is 23.0 Å². The molecular weight excluding hydrogens is 472 g/mol. The Kier molecular flexibility index (Phi) is 20.4. The molecule has 1 rings (SSSR count). The first-order valence-corrected chi connectivity index (χ1v) is 14.1. The number of hydrogen-bond acceptors (Lipinski definition) is 6. The van der Waals surface area contributed by atoms with Crippen molar-refractivity contribution >= 4 is 29.2 Å². The van der Waals surface area contributed by atoms with Crippen LogP contribution >= 0.6 is 11.3 Å². The number of rotatable bonds is 14. The van der Waals surface area contributed by atoms with E-state index < -0.39 is 23.9 Å². The van der Waals surface area contributed by atoms with E-state index >= 15 is 0 Å². The summed E-state index contributed by atoms with van der Waals surface area (Å²) in [6, 6.07) is 0. The van der Waals surface area contributed by atoms with Gasteiger partial charge in [-0.05, 0) is 65.0 Å². The van der Waals surface area contributed by atoms with Crippen molar-refractivity contribution in [3.05, 3.63) is 33.8 Å². The van der Waals surface area contributed by atoms with E-state index in [1.54, 1.807) is 25.2 Å². The molecule has 0 saturated carbocycles. The number of carbonyl (C=O) groups excluding carboxylic acids is 1. The fourth-order valence-corrected chi connectivity index (χ4v) is 4.42. The highest BCUT2D eigenvalue weighted by molar-refractivity contribution is 7.09. The fraction of sp³-hybridized carbons (Fsp3) is 0.690. The molecule has 36 heavy (non-hydrogen) atoms. The van der Waals surface area contributed by atoms with Crippen molar-refractivity contribution < 1.29 is 19.8 Å². The number of carboxylic acid groups (broad SMARTS) is 1. The molecule has 0 bridgehead atoms. The number of nitrogens with two attached hydrogens (primary N) is 1. The number of aromatic nitrogens is 1. The standard InChI is InChI=1S/C20H37NO4.C7H9NS.C2H6/c1-14(10-7-11-21)8-6-9-15(2)12-16(3)19(25)20(4,5)17(22)13-18(23)24;1-3-4-7-5-9-6(2)8-7;1-2/h10,15-17,22H,6-9,11-13,21H2,1-5H3,(H,23,24);3-5H,1-2H3;1-2H3/b14-10-;4-3-;. The highest BCUT2D eigenvalue weighted by Crippen LogP contribution is 2.31. The highest BCUT2D eigenvalue weighted by atomic mass is 32.1. The van der Waals surface area contributed by atoms with Crippen LogP contribution in [-0.4, -0.2) is 39.6 Å². The van der Waals surface area contributed by atoms with Crippen molar-refractivity contribution in [1.29, 1.82) is 0 Å². The Labute approximate surface area is 224 Å². The summed E-state index contributed by atoms with van der Waals surface area (Å²) in [6.07, 6.45) is 9.47. The zero-order valence-corrected chi connectivity index (χ0v) is 25.0. The van der Waals surface area contributed by atoms with Crippen molar-refractivity contribution in [2.75, 3.05) is 6.54 Å². The monoisotopic (exact) mass is 524 g/mol. The van der Waals surface area contributed by atoms with Gasteiger partial charge in [0.05, 0.1) is 28.6 Å². The van der Waals surface area contributed by atoms with Crippen LogP contribution in [0.5, 0.6) is 0 Å². The second-order valence-electron chi connectivity index (χ2n) is 9.75. The normalized spacial score (nSPS) is 14.2. The molecule has 0 aliphatic heterocycles. The number of carbonyl (C=O) groups is 2. The number of aryl methyl sites for hydroxylation is 1. The molecule has 0 saturated heterocycles. The average Bonchev–Trinajstić information content (AvgIpc) is 3.23. The van der Waals surface area contributed by atoms with Gasteiger partial charge in [0.2, 0.25) is 0 Å². The number of aliphatic carboxylic acids is 1. The van der Waals surface area contributed by atoms with Crippen molar-refractivity contribution in [2.45, 2.75) is 107 Å². The molecule has 0 aliphatic carbocycles. The second-order valence-corrected chi connectivity index (χ2v) is 10.8. The van der Waals surface area contributed by atoms with E-state index in [2.05, 4.69) is 30.3 Å². The molecule has 1 aromatic heterocycles. The van der Waals surface area contributed by atoms with Gasteiger partial charge in [-0.25, -0.2) is 4.98 Å². The first kappa shape index (κ1) is 36.3. The summed E-state index contributed by atoms with van der Waals surface area (Å²) in [5.41, 5.74) is 6.88. The topological polar surface area (TPSA) is 114 Å². The molecule has 0 spiro atoms. The van der Waals surface area contributed by atoms with Gasteiger partial charge in [0.25, 0.3) is 0 Å². The van der Waals surface area contributed by atoms with Crippen LogP contribution in [-0.2, 0) is 9.59 Å². The van der Waals surface area contributed by atoms with E-state index in [9.17, 15) is 14.7 Å². The van der Waals surface area contributed by atoms with Gasteiger partial charge in [0.1, 0.15) is 5.78 Å². The van der Waals surface area contributed by atoms with Gasteiger partial charge < -0.3 is 15.9 Å². The molecule has 0 amide bonds. The van der Waals surface area contributed by atoms with Gasteiger partial charge in [-0.2, -0.15) is 0 Å². The third-order valence-electron chi connectivity index (χ3n) is 5.94. The van der Waals surface area contributed by atoms with Gasteiger partial charge in [-0.3, -0.25) is 9.59 Å². The minimum atomic E-state index is -1.16. The SMILES string of the molecule is C/C(=C/CCN)CCCC(C)CC(C)C(=O)C(C)(C)C(O)CC(=O)O.C/C=C\c1csc(C)n1.CC. The molecule has 7 heteroatoms. The number of nitrogens with zero attached hydrogens (tertiary/aromatic N) is 1. The maximum atomic E-state index is 12.6. The summed E-state index contributed by atoms with van der Waals surface area (Å²) in [4.78, 5) is 27.7. The molecule has 4 N–H and O–H groups in total. The van der Waals surface area contributed by atoms with Gasteiger partial charge >= 0.3 is 5.97 Å². The molecule has 3 unspecified atom stereocenters. The maximum absolute atomic E-state index is 12.6. The number of thiazole rings is 1. The van der Waals surface area contributed by atoms with Crippen LogP contribution in [0.2, 0.25) is 0 Å². The van der Waals surface area contributed by atoms with E-state index in [0.29, 0.717) is 12.5 Å². The molecule has 0 radical (unpaired) electrons. The van der Waals surface area contributed by atoms with Crippen molar-refractivity contribution in [3.63, 3.8) is 0 Å². The summed E-state index contributed by atoms with van der Waals surface area (Å²) in [5.74, 6) is -0.935. The number of hydrogen-bond donors (Lipinski definition) is 3. The Morgan fingerprint density at radius 1 is 1.25 bits per heavy atom. The van der Waals surface area contributed by atoms with E-state index in [-0.39, 0.29) is 11.7 Å². The highest BCUT2D eigenvalue weighted by Gasteiger charge is 2.39. The first-order chi connectivity index (χ1) is 16.8. The lowest BCUT2D eigenvalue weighted by atomic mass is 9.74. The minimum Gasteiger partial charge on any atom is -0.481 e. The Bertz CT molecular complexity index is 799. The number of Topliss-reactive ketones (excluding diaryl/α,β-unsaturated/α-hetero) is 1. The molecule has 0 aromatic carbocycles. The number of carboxylic acids is 1. The Morgan fingerprint density at radius 3 is 2.33 bits per heavy atom. The molecule has 208 valence electrons. The lowest BCUT2D eigenvalue weighted by Crippen LogP contribution is -2.41. The summed E-state index contributed by atoms with van der Waals surface area (Å²) in [5, 5.41) is 22.1. The third kappa shape index (κ3) is 16.0. The fourth-order valence-electron chi connectivity index (χ4n) is 3.84. The third-order valence-corrected chi connectivity index (χ3v) is 6.73. The van der Waals surface area contributed by atoms with Crippen molar-refractivity contribution in [3.8, 4) is 0 Å². The molecule has 6 nitrogen and oxygen atoms in total. The lowest BCUT2D eigenvalue weighted by Gasteiger charge is -2.31. The summed E-state index contributed by atoms with van der Waals surface area (Å²) in [7, 11) is 0. The first-order valence-electron chi connectivity index (χ1n) is 13.2. The molecule has 3 atom stereocenters. The number of ketones is 1. The van der Waals surface area contributed by atoms with Crippen LogP contribution in [0.3, 0.4) is 0 Å². The van der Waals surface area contributed by atoms with Gasteiger partial charge in [0, 0.05) is 11.3 Å². The molecule has 0 fully saturated rings. The minimum absolute atomic E-state index is 0.0628. The molecule has 1 aromatic rings. The predicted molar refractivity (Wildman–Crippen MR) is 154 cm³/mol. The van der Waals surface area contributed by atoms with Crippen LogP contribution in [0.15, 0.2) is 23.1 Å². The van der Waals surface area contributed by atoms with Gasteiger partial charge in [0.15, 0.2) is 0 Å². The maximum Gasteiger partial charge on any atom is 0.306 e. The smallest absolute Gasteiger partial charge is 0.306 e. The average molecular weight is 525 g/mol. The number of aliphatic hydroxyl groups excluding tert-OH is 1.